The Labute approximate surface area is 386 Å². The zero-order valence-electron chi connectivity index (χ0n) is 40.6. The molecule has 1 fully saturated rings. The summed E-state index contributed by atoms with van der Waals surface area (Å²) in [6, 6.07) is -0.742. The largest absolute Gasteiger partial charge is 0.394 e. The molecule has 0 radical (unpaired) electrons. The van der Waals surface area contributed by atoms with Gasteiger partial charge in [0.2, 0.25) is 5.91 Å². The zero-order chi connectivity index (χ0) is 45.9. The van der Waals surface area contributed by atoms with Crippen molar-refractivity contribution in [2.24, 2.45) is 0 Å². The van der Waals surface area contributed by atoms with E-state index in [1.54, 1.807) is 0 Å². The monoisotopic (exact) mass is 890 g/mol. The Hall–Kier alpha value is -1.85. The Bertz CT molecular complexity index is 1130. The van der Waals surface area contributed by atoms with Crippen LogP contribution in [-0.4, -0.2) is 87.5 Å². The van der Waals surface area contributed by atoms with E-state index in [1.807, 2.05) is 0 Å². The number of nitrogens with one attached hydrogen (secondary N) is 1. The van der Waals surface area contributed by atoms with E-state index in [0.29, 0.717) is 19.3 Å². The van der Waals surface area contributed by atoms with E-state index in [0.717, 1.165) is 57.8 Å². The lowest BCUT2D eigenvalue weighted by Gasteiger charge is -2.40. The first-order valence-electron chi connectivity index (χ1n) is 26.3. The van der Waals surface area contributed by atoms with Gasteiger partial charge in [-0.3, -0.25) is 4.79 Å². The molecule has 9 nitrogen and oxygen atoms in total. The average molecular weight is 890 g/mol. The second-order valence-corrected chi connectivity index (χ2v) is 18.3. The van der Waals surface area contributed by atoms with Crippen molar-refractivity contribution in [3.63, 3.8) is 0 Å². The molecule has 7 unspecified atom stereocenters. The Morgan fingerprint density at radius 1 is 0.556 bits per heavy atom. The topological polar surface area (TPSA) is 149 Å². The van der Waals surface area contributed by atoms with Crippen molar-refractivity contribution in [2.75, 3.05) is 13.2 Å². The van der Waals surface area contributed by atoms with Crippen LogP contribution in [0.25, 0.3) is 0 Å². The molecule has 1 rings (SSSR count). The van der Waals surface area contributed by atoms with E-state index in [-0.39, 0.29) is 12.5 Å². The molecule has 9 heteroatoms. The first-order valence-corrected chi connectivity index (χ1v) is 26.3. The van der Waals surface area contributed by atoms with Crippen molar-refractivity contribution in [2.45, 2.75) is 275 Å². The summed E-state index contributed by atoms with van der Waals surface area (Å²) in [5.41, 5.74) is 0. The van der Waals surface area contributed by atoms with Gasteiger partial charge in [0.1, 0.15) is 24.4 Å². The molecule has 1 aliphatic rings. The third-order valence-electron chi connectivity index (χ3n) is 12.4. The number of ether oxygens (including phenoxy) is 2. The van der Waals surface area contributed by atoms with Gasteiger partial charge in [-0.15, -0.1) is 0 Å². The highest BCUT2D eigenvalue weighted by molar-refractivity contribution is 5.76. The third-order valence-corrected chi connectivity index (χ3v) is 12.4. The van der Waals surface area contributed by atoms with Crippen molar-refractivity contribution in [3.05, 3.63) is 48.6 Å². The summed E-state index contributed by atoms with van der Waals surface area (Å²) in [5.74, 6) is -0.184. The van der Waals surface area contributed by atoms with Crippen LogP contribution in [0.3, 0.4) is 0 Å². The van der Waals surface area contributed by atoms with Gasteiger partial charge in [-0.25, -0.2) is 0 Å². The SMILES string of the molecule is CC/C=C\C/C=C\C/C=C\C/C=C\CCCCC(=O)NC(COC1OC(CO)C(O)C(O)C1O)C(O)CCCCCCCCCCCCCCCCCCCCCCCCCCC. The highest BCUT2D eigenvalue weighted by atomic mass is 16.7. The molecule has 6 N–H and O–H groups in total. The van der Waals surface area contributed by atoms with Gasteiger partial charge in [0.05, 0.1) is 25.4 Å². The van der Waals surface area contributed by atoms with Crippen molar-refractivity contribution in [3.8, 4) is 0 Å². The van der Waals surface area contributed by atoms with Crippen molar-refractivity contribution in [1.29, 1.82) is 0 Å². The van der Waals surface area contributed by atoms with E-state index < -0.39 is 49.5 Å². The minimum Gasteiger partial charge on any atom is -0.394 e. The van der Waals surface area contributed by atoms with Crippen LogP contribution in [0.5, 0.6) is 0 Å². The summed E-state index contributed by atoms with van der Waals surface area (Å²) in [6.45, 7) is 3.71. The fourth-order valence-electron chi connectivity index (χ4n) is 8.27. The van der Waals surface area contributed by atoms with Gasteiger partial charge >= 0.3 is 0 Å². The fraction of sp³-hybridized carbons (Fsp3) is 0.833. The van der Waals surface area contributed by atoms with Crippen LogP contribution in [0.1, 0.15) is 232 Å². The number of allylic oxidation sites excluding steroid dienone is 8. The summed E-state index contributed by atoms with van der Waals surface area (Å²) < 4.78 is 11.3. The van der Waals surface area contributed by atoms with Crippen LogP contribution in [0.4, 0.5) is 0 Å². The molecule has 7 atom stereocenters. The summed E-state index contributed by atoms with van der Waals surface area (Å²) in [6.07, 6.45) is 50.0. The molecular formula is C54H99NO8. The predicted octanol–water partition coefficient (Wildman–Crippen LogP) is 12.2. The predicted molar refractivity (Wildman–Crippen MR) is 263 cm³/mol. The Kier molecular flexibility index (Phi) is 41.3. The molecule has 1 amide bonds. The molecule has 1 aliphatic heterocycles. The number of hydrogen-bond acceptors (Lipinski definition) is 8. The second kappa shape index (κ2) is 44.0. The van der Waals surface area contributed by atoms with E-state index in [4.69, 9.17) is 9.47 Å². The number of aliphatic hydroxyl groups excluding tert-OH is 5. The van der Waals surface area contributed by atoms with E-state index in [9.17, 15) is 30.3 Å². The van der Waals surface area contributed by atoms with E-state index in [1.165, 1.54) is 141 Å². The van der Waals surface area contributed by atoms with Crippen LogP contribution in [0.2, 0.25) is 0 Å². The van der Waals surface area contributed by atoms with E-state index >= 15 is 0 Å². The molecule has 1 saturated heterocycles. The molecule has 0 saturated carbocycles. The fourth-order valence-corrected chi connectivity index (χ4v) is 8.27. The quantitative estimate of drug-likeness (QED) is 0.0262. The average Bonchev–Trinajstić information content (AvgIpc) is 3.28. The first kappa shape index (κ1) is 59.2. The highest BCUT2D eigenvalue weighted by Gasteiger charge is 2.44. The normalized spacial score (nSPS) is 20.5. The maximum atomic E-state index is 13.0. The van der Waals surface area contributed by atoms with Gasteiger partial charge in [0.15, 0.2) is 6.29 Å². The van der Waals surface area contributed by atoms with Gasteiger partial charge in [-0.2, -0.15) is 0 Å². The molecular weight excluding hydrogens is 791 g/mol. The van der Waals surface area contributed by atoms with Crippen molar-refractivity contribution < 1.29 is 39.8 Å². The molecule has 368 valence electrons. The molecule has 0 aromatic rings. The molecule has 0 bridgehead atoms. The van der Waals surface area contributed by atoms with Gasteiger partial charge in [0, 0.05) is 6.42 Å². The van der Waals surface area contributed by atoms with Crippen molar-refractivity contribution in [1.82, 2.24) is 5.32 Å². The second-order valence-electron chi connectivity index (χ2n) is 18.3. The molecule has 1 heterocycles. The maximum absolute atomic E-state index is 13.0. The summed E-state index contributed by atoms with van der Waals surface area (Å²) in [5, 5.41) is 54.5. The number of amides is 1. The lowest BCUT2D eigenvalue weighted by molar-refractivity contribution is -0.302. The van der Waals surface area contributed by atoms with Crippen LogP contribution in [0, 0.1) is 0 Å². The number of hydrogen-bond donors (Lipinski definition) is 6. The Morgan fingerprint density at radius 2 is 0.984 bits per heavy atom. The molecule has 0 aliphatic carbocycles. The molecule has 0 aromatic carbocycles. The number of aliphatic hydroxyl groups is 5. The zero-order valence-corrected chi connectivity index (χ0v) is 40.6. The minimum atomic E-state index is -1.56. The maximum Gasteiger partial charge on any atom is 0.220 e. The van der Waals surface area contributed by atoms with Gasteiger partial charge in [0.25, 0.3) is 0 Å². The lowest BCUT2D eigenvalue weighted by atomic mass is 9.99. The first-order chi connectivity index (χ1) is 30.8. The van der Waals surface area contributed by atoms with E-state index in [2.05, 4.69) is 67.8 Å². The smallest absolute Gasteiger partial charge is 0.220 e. The number of rotatable bonds is 44. The summed E-state index contributed by atoms with van der Waals surface area (Å²) in [7, 11) is 0. The Balaban J connectivity index is 2.24. The third kappa shape index (κ3) is 34.2. The number of carbonyl (C=O) groups excluding carboxylic acids is 1. The lowest BCUT2D eigenvalue weighted by Crippen LogP contribution is -2.60. The number of carbonyl (C=O) groups is 1. The van der Waals surface area contributed by atoms with Gasteiger partial charge < -0.3 is 40.3 Å². The Morgan fingerprint density at radius 3 is 1.43 bits per heavy atom. The van der Waals surface area contributed by atoms with Crippen molar-refractivity contribution >= 4 is 5.91 Å². The van der Waals surface area contributed by atoms with Crippen LogP contribution in [0.15, 0.2) is 48.6 Å². The van der Waals surface area contributed by atoms with Crippen LogP contribution < -0.4 is 5.32 Å². The molecule has 63 heavy (non-hydrogen) atoms. The van der Waals surface area contributed by atoms with Crippen LogP contribution >= 0.6 is 0 Å². The van der Waals surface area contributed by atoms with Gasteiger partial charge in [-0.05, 0) is 51.4 Å². The summed E-state index contributed by atoms with van der Waals surface area (Å²) in [4.78, 5) is 13.0. The standard InChI is InChI=1S/C54H99NO8/c1-3-5-7-9-11-13-15-17-19-20-21-22-23-24-25-26-27-28-30-31-33-35-37-39-41-43-48(57)47(46-62-54-53(61)52(60)51(59)49(45-56)63-54)55-50(58)44-42-40-38-36-34-32-29-18-16-14-12-10-8-6-4-2/h6,8,12,14,18,29,34,36,47-49,51-54,56-57,59-61H,3-5,7,9-11,13,15-17,19-28,30-33,35,37-46H2,1-2H3,(H,55,58)/b8-6-,14-12-,29-18-,36-34-. The highest BCUT2D eigenvalue weighted by Crippen LogP contribution is 2.23. The summed E-state index contributed by atoms with van der Waals surface area (Å²) >= 11 is 0. The minimum absolute atomic E-state index is 0.156. The number of unbranched alkanes of at least 4 members (excludes halogenated alkanes) is 26. The molecule has 0 aromatic heterocycles. The van der Waals surface area contributed by atoms with Crippen LogP contribution in [-0.2, 0) is 14.3 Å². The van der Waals surface area contributed by atoms with Gasteiger partial charge in [-0.1, -0.05) is 223 Å². The molecule has 0 spiro atoms.